The number of rotatable bonds is 12. The molecule has 0 amide bonds. The van der Waals surface area contributed by atoms with Crippen LogP contribution < -0.4 is 4.90 Å². The second-order valence-corrected chi connectivity index (χ2v) is 29.8. The van der Waals surface area contributed by atoms with Crippen LogP contribution in [-0.4, -0.2) is 118 Å². The van der Waals surface area contributed by atoms with Crippen molar-refractivity contribution in [2.24, 2.45) is 41.4 Å². The first kappa shape index (κ1) is 71.7. The number of para-hydroxylation sites is 1. The maximum absolute atomic E-state index is 2.67. The standard InChI is InChI=1S/2C15H23N.C14H21N.2C11H23N.C10H21N/c1-11(2)15-9-13-7-5-6-8-14(13)10-16(15)12(3)4;1-11(2)15-14-8-6-5-7-13(14)9-10-16(15)12(3)4;1-10(2)14-9-12-7-5-6-8-13(12)15(14)11(3)4;1-9(2)11-6-5-7-12(8-11)10(3)4;1-9(2)11-7-5-6-8-12(11)10(3)4;1-8(2)10-6-5-7-11(10)9(3)4/h2*5-8,11-12,15H,9-10H2,1-4H3;5-8,10-11,14H,9H2,1-4H3;2*9-11H,5-8H2,1-4H3;8-10H,5-7H2,1-4H3. The van der Waals surface area contributed by atoms with Crippen molar-refractivity contribution in [1.29, 1.82) is 0 Å². The van der Waals surface area contributed by atoms with Crippen LogP contribution in [0.2, 0.25) is 0 Å². The van der Waals surface area contributed by atoms with Crippen LogP contribution in [0.1, 0.15) is 245 Å². The summed E-state index contributed by atoms with van der Waals surface area (Å²) in [5.41, 5.74) is 9.15. The van der Waals surface area contributed by atoms with Gasteiger partial charge in [-0.05, 0) is 236 Å². The molecule has 6 aliphatic rings. The van der Waals surface area contributed by atoms with Crippen molar-refractivity contribution in [1.82, 2.24) is 24.5 Å². The van der Waals surface area contributed by atoms with Crippen LogP contribution >= 0.6 is 0 Å². The minimum Gasteiger partial charge on any atom is -0.365 e. The highest BCUT2D eigenvalue weighted by Gasteiger charge is 2.34. The number of piperidine rings is 2. The topological polar surface area (TPSA) is 19.4 Å². The van der Waals surface area contributed by atoms with Gasteiger partial charge in [0.25, 0.3) is 0 Å². The average molecular weight is 1130 g/mol. The quantitative estimate of drug-likeness (QED) is 0.179. The lowest BCUT2D eigenvalue weighted by atomic mass is 9.85. The van der Waals surface area contributed by atoms with E-state index >= 15 is 0 Å². The highest BCUT2D eigenvalue weighted by molar-refractivity contribution is 5.60. The predicted octanol–water partition coefficient (Wildman–Crippen LogP) is 18.8. The van der Waals surface area contributed by atoms with Gasteiger partial charge >= 0.3 is 0 Å². The molecule has 6 heterocycles. The summed E-state index contributed by atoms with van der Waals surface area (Å²) in [5, 5.41) is 0. The fraction of sp³-hybridized carbons (Fsp3) is 0.763. The van der Waals surface area contributed by atoms with Gasteiger partial charge in [-0.15, -0.1) is 0 Å². The van der Waals surface area contributed by atoms with E-state index in [-0.39, 0.29) is 0 Å². The summed E-state index contributed by atoms with van der Waals surface area (Å²) < 4.78 is 0. The van der Waals surface area contributed by atoms with Crippen LogP contribution in [0.15, 0.2) is 72.8 Å². The monoisotopic (exact) mass is 1130 g/mol. The van der Waals surface area contributed by atoms with Crippen molar-refractivity contribution in [2.75, 3.05) is 37.6 Å². The van der Waals surface area contributed by atoms with Crippen LogP contribution in [-0.2, 0) is 25.8 Å². The maximum atomic E-state index is 2.67. The summed E-state index contributed by atoms with van der Waals surface area (Å²) in [6.07, 6.45) is 13.6. The van der Waals surface area contributed by atoms with E-state index in [1.807, 2.05) is 0 Å². The SMILES string of the molecule is CC(C)C1CCCCN1C(C)C.CC(C)C1CCCN(C(C)C)C1.CC(C)C1CCCN1C(C)C.CC(C)C1Cc2ccccc2CN1C(C)C.CC(C)C1Cc2ccccc2N1C(C)C.CC(C)C1c2ccccc2CCN1C(C)C. The molecule has 6 heteroatoms. The number of nitrogens with zero attached hydrogens (tertiary/aromatic N) is 6. The van der Waals surface area contributed by atoms with Crippen molar-refractivity contribution in [3.8, 4) is 0 Å². The van der Waals surface area contributed by atoms with Gasteiger partial charge in [0.05, 0.1) is 0 Å². The zero-order valence-electron chi connectivity index (χ0n) is 58.3. The van der Waals surface area contributed by atoms with Crippen LogP contribution in [0, 0.1) is 41.4 Å². The van der Waals surface area contributed by atoms with Gasteiger partial charge in [0.2, 0.25) is 0 Å². The van der Waals surface area contributed by atoms with E-state index in [1.165, 1.54) is 114 Å². The first-order valence-electron chi connectivity index (χ1n) is 34.5. The normalized spacial score (nSPS) is 23.6. The molecule has 0 aromatic heterocycles. The zero-order chi connectivity index (χ0) is 61.1. The van der Waals surface area contributed by atoms with Gasteiger partial charge in [-0.1, -0.05) is 156 Å². The third-order valence-electron chi connectivity index (χ3n) is 19.8. The van der Waals surface area contributed by atoms with Crippen LogP contribution in [0.25, 0.3) is 0 Å². The lowest BCUT2D eigenvalue weighted by Crippen LogP contribution is -2.47. The molecule has 3 aromatic carbocycles. The second kappa shape index (κ2) is 35.2. The van der Waals surface area contributed by atoms with Gasteiger partial charge in [0, 0.05) is 91.8 Å². The highest BCUT2D eigenvalue weighted by atomic mass is 15.2. The molecule has 0 bridgehead atoms. The molecule has 3 saturated heterocycles. The predicted molar refractivity (Wildman–Crippen MR) is 364 cm³/mol. The summed E-state index contributed by atoms with van der Waals surface area (Å²) in [6, 6.07) is 34.5. The van der Waals surface area contributed by atoms with Crippen LogP contribution in [0.3, 0.4) is 0 Å². The maximum Gasteiger partial charge on any atom is 0.0404 e. The van der Waals surface area contributed by atoms with Gasteiger partial charge < -0.3 is 9.80 Å². The largest absolute Gasteiger partial charge is 0.365 e. The number of hydrogen-bond donors (Lipinski definition) is 0. The highest BCUT2D eigenvalue weighted by Crippen LogP contribution is 2.38. The molecule has 6 atom stereocenters. The van der Waals surface area contributed by atoms with E-state index < -0.39 is 0 Å². The molecule has 0 radical (unpaired) electrons. The minimum absolute atomic E-state index is 0.598. The van der Waals surface area contributed by atoms with Crippen molar-refractivity contribution in [2.45, 2.75) is 303 Å². The Kier molecular flexibility index (Phi) is 30.8. The Hall–Kier alpha value is -2.74. The van der Waals surface area contributed by atoms with Crippen LogP contribution in [0.4, 0.5) is 5.69 Å². The Morgan fingerprint density at radius 1 is 0.341 bits per heavy atom. The fourth-order valence-corrected chi connectivity index (χ4v) is 14.9. The number of hydrogen-bond acceptors (Lipinski definition) is 6. The summed E-state index contributed by atoms with van der Waals surface area (Å²) in [4.78, 5) is 15.8. The third kappa shape index (κ3) is 21.0. The molecule has 468 valence electrons. The van der Waals surface area contributed by atoms with Crippen molar-refractivity contribution in [3.63, 3.8) is 0 Å². The molecule has 0 saturated carbocycles. The van der Waals surface area contributed by atoms with Crippen molar-refractivity contribution >= 4 is 5.69 Å². The van der Waals surface area contributed by atoms with Gasteiger partial charge in [0.15, 0.2) is 0 Å². The summed E-state index contributed by atoms with van der Waals surface area (Å²) in [5.74, 6) is 5.61. The molecule has 0 aliphatic carbocycles. The Balaban J connectivity index is 0.000000213. The van der Waals surface area contributed by atoms with Crippen LogP contribution in [0.5, 0.6) is 0 Å². The molecular formula is C76H134N6. The van der Waals surface area contributed by atoms with E-state index in [9.17, 15) is 0 Å². The number of benzene rings is 3. The summed E-state index contributed by atoms with van der Waals surface area (Å²) >= 11 is 0. The first-order valence-corrected chi connectivity index (χ1v) is 34.5. The molecule has 6 unspecified atom stereocenters. The Morgan fingerprint density at radius 2 is 0.805 bits per heavy atom. The molecule has 6 nitrogen and oxygen atoms in total. The summed E-state index contributed by atoms with van der Waals surface area (Å²) in [7, 11) is 0. The molecular weight excluding hydrogens is 997 g/mol. The lowest BCUT2D eigenvalue weighted by Gasteiger charge is -2.42. The number of anilines is 1. The molecule has 9 rings (SSSR count). The van der Waals surface area contributed by atoms with Crippen molar-refractivity contribution in [3.05, 3.63) is 101 Å². The van der Waals surface area contributed by atoms with Gasteiger partial charge in [-0.25, -0.2) is 0 Å². The Labute approximate surface area is 510 Å². The molecule has 6 aliphatic heterocycles. The first-order chi connectivity index (χ1) is 38.7. The Bertz CT molecular complexity index is 2100. The third-order valence-corrected chi connectivity index (χ3v) is 19.8. The fourth-order valence-electron chi connectivity index (χ4n) is 14.9. The lowest BCUT2D eigenvalue weighted by molar-refractivity contribution is 0.0808. The molecule has 0 N–H and O–H groups in total. The smallest absolute Gasteiger partial charge is 0.0404 e. The van der Waals surface area contributed by atoms with E-state index in [4.69, 9.17) is 0 Å². The Morgan fingerprint density at radius 3 is 1.29 bits per heavy atom. The zero-order valence-corrected chi connectivity index (χ0v) is 58.3. The van der Waals surface area contributed by atoms with E-state index in [2.05, 4.69) is 268 Å². The van der Waals surface area contributed by atoms with Gasteiger partial charge in [0.1, 0.15) is 0 Å². The second-order valence-electron chi connectivity index (χ2n) is 29.8. The number of fused-ring (bicyclic) bond motifs is 3. The van der Waals surface area contributed by atoms with E-state index in [0.29, 0.717) is 42.2 Å². The average Bonchev–Trinajstić information content (AvgIpc) is 4.30. The molecule has 82 heavy (non-hydrogen) atoms. The van der Waals surface area contributed by atoms with Crippen molar-refractivity contribution < 1.29 is 0 Å². The minimum atomic E-state index is 0.598. The van der Waals surface area contributed by atoms with E-state index in [0.717, 1.165) is 72.3 Å². The molecule has 3 fully saturated rings. The number of likely N-dealkylation sites (tertiary alicyclic amines) is 3. The molecule has 0 spiro atoms. The van der Waals surface area contributed by atoms with E-state index in [1.54, 1.807) is 16.7 Å². The summed E-state index contributed by atoms with van der Waals surface area (Å²) in [6.45, 7) is 63.4. The van der Waals surface area contributed by atoms with Gasteiger partial charge in [-0.3, -0.25) is 19.6 Å². The van der Waals surface area contributed by atoms with Gasteiger partial charge in [-0.2, -0.15) is 0 Å². The molecule has 3 aromatic rings.